The number of urea groups is 1. The third-order valence-corrected chi connectivity index (χ3v) is 2.65. The largest absolute Gasteiger partial charge is 0.378 e. The van der Waals surface area contributed by atoms with Crippen LogP contribution >= 0.6 is 0 Å². The van der Waals surface area contributed by atoms with E-state index < -0.39 is 0 Å². The van der Waals surface area contributed by atoms with Gasteiger partial charge in [-0.05, 0) is 19.0 Å². The van der Waals surface area contributed by atoms with Crippen molar-refractivity contribution in [2.24, 2.45) is 5.92 Å². The second-order valence-corrected chi connectivity index (χ2v) is 4.67. The molecule has 0 bridgehead atoms. The molecule has 0 radical (unpaired) electrons. The molecule has 0 spiro atoms. The predicted molar refractivity (Wildman–Crippen MR) is 74.8 cm³/mol. The average Bonchev–Trinajstić information content (AvgIpc) is 2.35. The normalized spacial score (nSPS) is 11.0. The smallest absolute Gasteiger partial charge is 0.314 e. The Bertz CT molecular complexity index is 206. The Morgan fingerprint density at radius 2 is 1.83 bits per heavy atom. The Morgan fingerprint density at radius 3 is 2.39 bits per heavy atom. The van der Waals surface area contributed by atoms with E-state index in [1.54, 1.807) is 0 Å². The summed E-state index contributed by atoms with van der Waals surface area (Å²) in [6.07, 6.45) is 0. The maximum Gasteiger partial charge on any atom is 0.314 e. The van der Waals surface area contributed by atoms with Crippen LogP contribution < -0.4 is 10.6 Å². The summed E-state index contributed by atoms with van der Waals surface area (Å²) < 4.78 is 5.46. The van der Waals surface area contributed by atoms with E-state index in [9.17, 15) is 4.79 Å². The first-order valence-electron chi connectivity index (χ1n) is 6.91. The molecule has 5 heteroatoms. The second kappa shape index (κ2) is 11.3. The number of nitrogens with zero attached hydrogens (tertiary/aromatic N) is 1. The Kier molecular flexibility index (Phi) is 10.8. The van der Waals surface area contributed by atoms with E-state index in [2.05, 4.69) is 43.2 Å². The van der Waals surface area contributed by atoms with Crippen LogP contribution in [0.4, 0.5) is 4.79 Å². The van der Waals surface area contributed by atoms with Gasteiger partial charge in [-0.15, -0.1) is 0 Å². The van der Waals surface area contributed by atoms with Crippen molar-refractivity contribution in [2.75, 3.05) is 45.9 Å². The third kappa shape index (κ3) is 10.4. The lowest BCUT2D eigenvalue weighted by Crippen LogP contribution is -2.39. The Labute approximate surface area is 111 Å². The molecule has 2 amide bonds. The van der Waals surface area contributed by atoms with Gasteiger partial charge in [0.25, 0.3) is 0 Å². The first-order valence-corrected chi connectivity index (χ1v) is 6.91. The number of amides is 2. The second-order valence-electron chi connectivity index (χ2n) is 4.67. The zero-order valence-corrected chi connectivity index (χ0v) is 12.3. The van der Waals surface area contributed by atoms with E-state index in [0.29, 0.717) is 25.6 Å². The quantitative estimate of drug-likeness (QED) is 0.581. The van der Waals surface area contributed by atoms with Gasteiger partial charge >= 0.3 is 6.03 Å². The summed E-state index contributed by atoms with van der Waals surface area (Å²) in [4.78, 5) is 13.6. The van der Waals surface area contributed by atoms with E-state index >= 15 is 0 Å². The number of hydrogen-bond donors (Lipinski definition) is 2. The van der Waals surface area contributed by atoms with Crippen molar-refractivity contribution in [2.45, 2.75) is 27.7 Å². The summed E-state index contributed by atoms with van der Waals surface area (Å²) in [6, 6.07) is -0.115. The van der Waals surface area contributed by atoms with E-state index in [4.69, 9.17) is 4.74 Å². The molecule has 0 aliphatic rings. The molecule has 0 fully saturated rings. The van der Waals surface area contributed by atoms with Crippen LogP contribution in [0.2, 0.25) is 0 Å². The fraction of sp³-hybridized carbons (Fsp3) is 0.923. The van der Waals surface area contributed by atoms with Gasteiger partial charge in [-0.1, -0.05) is 27.7 Å². The van der Waals surface area contributed by atoms with Gasteiger partial charge in [0, 0.05) is 19.6 Å². The highest BCUT2D eigenvalue weighted by Gasteiger charge is 2.01. The summed E-state index contributed by atoms with van der Waals surface area (Å²) in [5.41, 5.74) is 0. The summed E-state index contributed by atoms with van der Waals surface area (Å²) in [5.74, 6) is 0.473. The van der Waals surface area contributed by atoms with Gasteiger partial charge in [-0.3, -0.25) is 0 Å². The zero-order chi connectivity index (χ0) is 13.8. The first-order chi connectivity index (χ1) is 8.60. The molecule has 0 atom stereocenters. The van der Waals surface area contributed by atoms with E-state index in [1.165, 1.54) is 0 Å². The van der Waals surface area contributed by atoms with Crippen molar-refractivity contribution >= 4 is 6.03 Å². The lowest BCUT2D eigenvalue weighted by atomic mass is 10.2. The van der Waals surface area contributed by atoms with Gasteiger partial charge in [-0.25, -0.2) is 4.79 Å². The van der Waals surface area contributed by atoms with Crippen LogP contribution in [-0.4, -0.2) is 56.9 Å². The first kappa shape index (κ1) is 17.2. The molecule has 0 heterocycles. The summed E-state index contributed by atoms with van der Waals surface area (Å²) in [6.45, 7) is 14.0. The number of carbonyl (C=O) groups is 1. The minimum atomic E-state index is -0.115. The van der Waals surface area contributed by atoms with Crippen LogP contribution in [0.5, 0.6) is 0 Å². The molecule has 18 heavy (non-hydrogen) atoms. The van der Waals surface area contributed by atoms with Gasteiger partial charge in [0.15, 0.2) is 0 Å². The molecule has 108 valence electrons. The van der Waals surface area contributed by atoms with Crippen LogP contribution in [0.25, 0.3) is 0 Å². The third-order valence-electron chi connectivity index (χ3n) is 2.65. The van der Waals surface area contributed by atoms with Crippen LogP contribution in [0.15, 0.2) is 0 Å². The minimum absolute atomic E-state index is 0.115. The van der Waals surface area contributed by atoms with Gasteiger partial charge in [0.05, 0.1) is 13.2 Å². The van der Waals surface area contributed by atoms with Gasteiger partial charge in [0.1, 0.15) is 0 Å². The molecular weight excluding hydrogens is 230 g/mol. The van der Waals surface area contributed by atoms with E-state index in [1.807, 2.05) is 0 Å². The molecule has 0 aromatic heterocycles. The van der Waals surface area contributed by atoms with Crippen LogP contribution in [-0.2, 0) is 4.74 Å². The molecule has 0 saturated heterocycles. The zero-order valence-electron chi connectivity index (χ0n) is 12.3. The number of hydrogen-bond acceptors (Lipinski definition) is 3. The maximum atomic E-state index is 11.3. The summed E-state index contributed by atoms with van der Waals surface area (Å²) >= 11 is 0. The molecule has 0 unspecified atom stereocenters. The number of nitrogens with one attached hydrogen (secondary N) is 2. The van der Waals surface area contributed by atoms with E-state index in [0.717, 1.165) is 26.2 Å². The number of rotatable bonds is 10. The molecule has 0 aliphatic heterocycles. The van der Waals surface area contributed by atoms with Crippen molar-refractivity contribution in [1.82, 2.24) is 15.5 Å². The molecule has 0 rings (SSSR count). The molecule has 0 aromatic carbocycles. The molecule has 0 saturated carbocycles. The van der Waals surface area contributed by atoms with Crippen molar-refractivity contribution in [1.29, 1.82) is 0 Å². The van der Waals surface area contributed by atoms with Gasteiger partial charge < -0.3 is 20.3 Å². The number of likely N-dealkylation sites (N-methyl/N-ethyl adjacent to an activating group) is 1. The van der Waals surface area contributed by atoms with Crippen molar-refractivity contribution < 1.29 is 9.53 Å². The SMILES string of the molecule is CCN(CC)CCOCCNC(=O)NCC(C)C. The summed E-state index contributed by atoms with van der Waals surface area (Å²) in [5, 5.41) is 5.56. The lowest BCUT2D eigenvalue weighted by Gasteiger charge is -2.17. The van der Waals surface area contributed by atoms with Crippen LogP contribution in [0.1, 0.15) is 27.7 Å². The van der Waals surface area contributed by atoms with Crippen molar-refractivity contribution in [3.8, 4) is 0 Å². The molecule has 5 nitrogen and oxygen atoms in total. The van der Waals surface area contributed by atoms with Gasteiger partial charge in [-0.2, -0.15) is 0 Å². The highest BCUT2D eigenvalue weighted by molar-refractivity contribution is 5.73. The molecular formula is C13H29N3O2. The van der Waals surface area contributed by atoms with Crippen molar-refractivity contribution in [3.05, 3.63) is 0 Å². The molecule has 2 N–H and O–H groups in total. The van der Waals surface area contributed by atoms with E-state index in [-0.39, 0.29) is 6.03 Å². The predicted octanol–water partition coefficient (Wildman–Crippen LogP) is 1.30. The highest BCUT2D eigenvalue weighted by Crippen LogP contribution is 1.87. The Morgan fingerprint density at radius 1 is 1.17 bits per heavy atom. The lowest BCUT2D eigenvalue weighted by molar-refractivity contribution is 0.109. The fourth-order valence-corrected chi connectivity index (χ4v) is 1.43. The number of ether oxygens (including phenoxy) is 1. The monoisotopic (exact) mass is 259 g/mol. The standard InChI is InChI=1S/C13H29N3O2/c1-5-16(6-2)8-10-18-9-7-14-13(17)15-11-12(3)4/h12H,5-11H2,1-4H3,(H2,14,15,17). The van der Waals surface area contributed by atoms with Crippen LogP contribution in [0.3, 0.4) is 0 Å². The maximum absolute atomic E-state index is 11.3. The Hall–Kier alpha value is -0.810. The topological polar surface area (TPSA) is 53.6 Å². The average molecular weight is 259 g/mol. The Balaban J connectivity index is 3.32. The summed E-state index contributed by atoms with van der Waals surface area (Å²) in [7, 11) is 0. The van der Waals surface area contributed by atoms with Crippen LogP contribution in [0, 0.1) is 5.92 Å². The minimum Gasteiger partial charge on any atom is -0.378 e. The van der Waals surface area contributed by atoms with Crippen molar-refractivity contribution in [3.63, 3.8) is 0 Å². The number of carbonyl (C=O) groups excluding carboxylic acids is 1. The fourth-order valence-electron chi connectivity index (χ4n) is 1.43. The highest BCUT2D eigenvalue weighted by atomic mass is 16.5. The van der Waals surface area contributed by atoms with Gasteiger partial charge in [0.2, 0.25) is 0 Å². The molecule has 0 aliphatic carbocycles. The molecule has 0 aromatic rings.